The third kappa shape index (κ3) is 3.47. The fraction of sp³-hybridized carbons (Fsp3) is 0.538. The maximum Gasteiger partial charge on any atom is 0.194 e. The summed E-state index contributed by atoms with van der Waals surface area (Å²) in [6.45, 7) is 11.1. The SMILES string of the molecule is CC(C)O[Si](C)(C)C(C)c1ccccc1. The van der Waals surface area contributed by atoms with E-state index in [-0.39, 0.29) is 0 Å². The van der Waals surface area contributed by atoms with Gasteiger partial charge < -0.3 is 4.43 Å². The minimum Gasteiger partial charge on any atom is -0.414 e. The lowest BCUT2D eigenvalue weighted by Crippen LogP contribution is -2.39. The second-order valence-electron chi connectivity index (χ2n) is 4.90. The van der Waals surface area contributed by atoms with Crippen LogP contribution in [0.25, 0.3) is 0 Å². The maximum absolute atomic E-state index is 6.09. The molecule has 0 saturated heterocycles. The molecule has 0 saturated carbocycles. The minimum atomic E-state index is -1.61. The average Bonchev–Trinajstić information content (AvgIpc) is 2.16. The molecule has 0 spiro atoms. The average molecular weight is 222 g/mol. The van der Waals surface area contributed by atoms with Crippen molar-refractivity contribution in [2.24, 2.45) is 0 Å². The van der Waals surface area contributed by atoms with Crippen LogP contribution in [0.15, 0.2) is 30.3 Å². The van der Waals surface area contributed by atoms with Crippen molar-refractivity contribution in [3.8, 4) is 0 Å². The Bertz CT molecular complexity index is 293. The lowest BCUT2D eigenvalue weighted by Gasteiger charge is -2.31. The Morgan fingerprint density at radius 2 is 1.53 bits per heavy atom. The van der Waals surface area contributed by atoms with Crippen molar-refractivity contribution < 1.29 is 4.43 Å². The van der Waals surface area contributed by atoms with E-state index >= 15 is 0 Å². The largest absolute Gasteiger partial charge is 0.414 e. The molecule has 0 fully saturated rings. The minimum absolute atomic E-state index is 0.331. The van der Waals surface area contributed by atoms with E-state index in [9.17, 15) is 0 Å². The molecule has 2 heteroatoms. The van der Waals surface area contributed by atoms with Crippen LogP contribution in [-0.4, -0.2) is 14.4 Å². The Labute approximate surface area is 94.6 Å². The molecule has 0 radical (unpaired) electrons. The standard InChI is InChI=1S/C13H22OSi/c1-11(2)14-15(4,5)12(3)13-9-7-6-8-10-13/h6-12H,1-5H3. The number of hydrogen-bond donors (Lipinski definition) is 0. The van der Waals surface area contributed by atoms with E-state index in [1.807, 2.05) is 0 Å². The fourth-order valence-corrected chi connectivity index (χ4v) is 4.27. The van der Waals surface area contributed by atoms with Crippen molar-refractivity contribution in [1.29, 1.82) is 0 Å². The van der Waals surface area contributed by atoms with E-state index in [4.69, 9.17) is 4.43 Å². The van der Waals surface area contributed by atoms with Gasteiger partial charge in [0.25, 0.3) is 0 Å². The number of rotatable bonds is 4. The van der Waals surface area contributed by atoms with Crippen LogP contribution in [0.3, 0.4) is 0 Å². The molecule has 1 unspecified atom stereocenters. The summed E-state index contributed by atoms with van der Waals surface area (Å²) in [4.78, 5) is 0. The highest BCUT2D eigenvalue weighted by Crippen LogP contribution is 2.28. The van der Waals surface area contributed by atoms with Crippen LogP contribution in [0.2, 0.25) is 13.1 Å². The van der Waals surface area contributed by atoms with E-state index in [0.29, 0.717) is 11.6 Å². The highest BCUT2D eigenvalue weighted by atomic mass is 28.4. The zero-order valence-electron chi connectivity index (χ0n) is 10.4. The summed E-state index contributed by atoms with van der Waals surface area (Å²) in [6.07, 6.45) is 0.331. The first-order chi connectivity index (χ1) is 6.93. The summed E-state index contributed by atoms with van der Waals surface area (Å²) in [7, 11) is -1.61. The summed E-state index contributed by atoms with van der Waals surface area (Å²) in [5.41, 5.74) is 1.94. The van der Waals surface area contributed by atoms with Crippen molar-refractivity contribution in [3.63, 3.8) is 0 Å². The Kier molecular flexibility index (Phi) is 4.11. The van der Waals surface area contributed by atoms with Crippen LogP contribution in [0.4, 0.5) is 0 Å². The molecular weight excluding hydrogens is 200 g/mol. The number of benzene rings is 1. The van der Waals surface area contributed by atoms with Gasteiger partial charge in [-0.25, -0.2) is 0 Å². The molecule has 84 valence electrons. The first kappa shape index (κ1) is 12.5. The summed E-state index contributed by atoms with van der Waals surface area (Å²) < 4.78 is 6.09. The predicted octanol–water partition coefficient (Wildman–Crippen LogP) is 3.96. The molecular formula is C13H22OSi. The molecule has 0 amide bonds. The van der Waals surface area contributed by atoms with Crippen molar-refractivity contribution in [3.05, 3.63) is 35.9 Å². The van der Waals surface area contributed by atoms with Gasteiger partial charge in [-0.15, -0.1) is 0 Å². The Morgan fingerprint density at radius 3 is 2.00 bits per heavy atom. The summed E-state index contributed by atoms with van der Waals surface area (Å²) in [6, 6.07) is 10.7. The molecule has 15 heavy (non-hydrogen) atoms. The van der Waals surface area contributed by atoms with Crippen molar-refractivity contribution in [2.75, 3.05) is 0 Å². The second-order valence-corrected chi connectivity index (χ2v) is 9.21. The maximum atomic E-state index is 6.09. The molecule has 0 aliphatic heterocycles. The molecule has 0 aliphatic carbocycles. The van der Waals surface area contributed by atoms with Gasteiger partial charge in [0.05, 0.1) is 0 Å². The third-order valence-electron chi connectivity index (χ3n) is 2.88. The normalized spacial score (nSPS) is 14.3. The molecule has 0 N–H and O–H groups in total. The molecule has 1 nitrogen and oxygen atoms in total. The van der Waals surface area contributed by atoms with Crippen LogP contribution in [0, 0.1) is 0 Å². The van der Waals surface area contributed by atoms with E-state index in [0.717, 1.165) is 0 Å². The van der Waals surface area contributed by atoms with E-state index in [1.54, 1.807) is 0 Å². The van der Waals surface area contributed by atoms with Crippen LogP contribution in [0.5, 0.6) is 0 Å². The third-order valence-corrected chi connectivity index (χ3v) is 6.38. The van der Waals surface area contributed by atoms with Crippen LogP contribution in [-0.2, 0) is 4.43 Å². The Morgan fingerprint density at radius 1 is 1.00 bits per heavy atom. The Hall–Kier alpha value is -0.603. The number of hydrogen-bond acceptors (Lipinski definition) is 1. The molecule has 0 aromatic heterocycles. The first-order valence-electron chi connectivity index (χ1n) is 5.66. The van der Waals surface area contributed by atoms with Crippen LogP contribution in [0.1, 0.15) is 31.9 Å². The lowest BCUT2D eigenvalue weighted by atomic mass is 10.2. The smallest absolute Gasteiger partial charge is 0.194 e. The van der Waals surface area contributed by atoms with Gasteiger partial charge in [0, 0.05) is 6.10 Å². The highest BCUT2D eigenvalue weighted by molar-refractivity contribution is 6.72. The quantitative estimate of drug-likeness (QED) is 0.701. The summed E-state index contributed by atoms with van der Waals surface area (Å²) in [5, 5.41) is 0. The topological polar surface area (TPSA) is 9.23 Å². The lowest BCUT2D eigenvalue weighted by molar-refractivity contribution is 0.226. The zero-order chi connectivity index (χ0) is 11.5. The van der Waals surface area contributed by atoms with Crippen molar-refractivity contribution in [2.45, 2.75) is 45.5 Å². The van der Waals surface area contributed by atoms with Gasteiger partial charge >= 0.3 is 0 Å². The molecule has 0 heterocycles. The van der Waals surface area contributed by atoms with E-state index in [2.05, 4.69) is 64.2 Å². The molecule has 1 aromatic carbocycles. The van der Waals surface area contributed by atoms with Gasteiger partial charge in [-0.3, -0.25) is 0 Å². The van der Waals surface area contributed by atoms with E-state index in [1.165, 1.54) is 5.56 Å². The van der Waals surface area contributed by atoms with Gasteiger partial charge in [0.15, 0.2) is 8.32 Å². The first-order valence-corrected chi connectivity index (χ1v) is 8.65. The second kappa shape index (κ2) is 4.95. The molecule has 1 atom stereocenters. The molecule has 1 rings (SSSR count). The molecule has 1 aromatic rings. The Balaban J connectivity index is 2.79. The summed E-state index contributed by atoms with van der Waals surface area (Å²) >= 11 is 0. The molecule has 0 aliphatic rings. The highest BCUT2D eigenvalue weighted by Gasteiger charge is 2.32. The van der Waals surface area contributed by atoms with Crippen molar-refractivity contribution in [1.82, 2.24) is 0 Å². The summed E-state index contributed by atoms with van der Waals surface area (Å²) in [5.74, 6) is 0. The zero-order valence-corrected chi connectivity index (χ0v) is 11.4. The van der Waals surface area contributed by atoms with Gasteiger partial charge in [0.2, 0.25) is 0 Å². The van der Waals surface area contributed by atoms with Gasteiger partial charge in [-0.05, 0) is 38.0 Å². The fourth-order valence-electron chi connectivity index (χ4n) is 1.85. The predicted molar refractivity (Wildman–Crippen MR) is 68.6 cm³/mol. The molecule has 0 bridgehead atoms. The van der Waals surface area contributed by atoms with Crippen LogP contribution >= 0.6 is 0 Å². The monoisotopic (exact) mass is 222 g/mol. The van der Waals surface area contributed by atoms with Gasteiger partial charge in [0.1, 0.15) is 0 Å². The van der Waals surface area contributed by atoms with Crippen LogP contribution < -0.4 is 0 Å². The van der Waals surface area contributed by atoms with Gasteiger partial charge in [-0.2, -0.15) is 0 Å². The van der Waals surface area contributed by atoms with Crippen molar-refractivity contribution >= 4 is 8.32 Å². The van der Waals surface area contributed by atoms with Gasteiger partial charge in [-0.1, -0.05) is 37.3 Å². The van der Waals surface area contributed by atoms with E-state index < -0.39 is 8.32 Å².